The Morgan fingerprint density at radius 2 is 1.15 bits per heavy atom. The van der Waals surface area contributed by atoms with Crippen LogP contribution in [0.3, 0.4) is 0 Å². The third kappa shape index (κ3) is 2.51. The van der Waals surface area contributed by atoms with E-state index in [0.717, 1.165) is 16.2 Å². The molecule has 27 heavy (non-hydrogen) atoms. The molecule has 2 heteroatoms. The average molecular weight is 367 g/mol. The molecule has 0 aliphatic carbocycles. The Bertz CT molecular complexity index is 1340. The minimum Gasteiger partial charge on any atom is -0.289 e. The van der Waals surface area contributed by atoms with Crippen LogP contribution in [0.25, 0.3) is 32.3 Å². The summed E-state index contributed by atoms with van der Waals surface area (Å²) in [5.41, 5.74) is 1.21. The van der Waals surface area contributed by atoms with E-state index in [2.05, 4.69) is 36.4 Å². The van der Waals surface area contributed by atoms with Crippen LogP contribution >= 0.6 is 11.6 Å². The summed E-state index contributed by atoms with van der Waals surface area (Å²) in [5.74, 6) is -0.0497. The second kappa shape index (κ2) is 6.22. The number of carbonyl (C=O) groups is 1. The van der Waals surface area contributed by atoms with Crippen LogP contribution in [0.5, 0.6) is 0 Å². The summed E-state index contributed by atoms with van der Waals surface area (Å²) in [4.78, 5) is 13.1. The Balaban J connectivity index is 1.85. The SMILES string of the molecule is O=C(c1ccccc1)c1c(Cl)ccc2c1ccc1c3ccccc3ccc21. The standard InChI is InChI=1S/C25H15ClO/c26-23-15-14-21-20-11-10-16-6-4-5-9-18(16)19(20)12-13-22(21)24(23)25(27)17-7-2-1-3-8-17/h1-15H. The van der Waals surface area contributed by atoms with Gasteiger partial charge in [-0.1, -0.05) is 96.5 Å². The monoisotopic (exact) mass is 366 g/mol. The van der Waals surface area contributed by atoms with Crippen LogP contribution in [0.1, 0.15) is 15.9 Å². The van der Waals surface area contributed by atoms with E-state index in [-0.39, 0.29) is 5.78 Å². The molecule has 1 nitrogen and oxygen atoms in total. The molecule has 0 amide bonds. The molecule has 5 aromatic carbocycles. The van der Waals surface area contributed by atoms with Gasteiger partial charge in [0.2, 0.25) is 0 Å². The zero-order valence-corrected chi connectivity index (χ0v) is 15.2. The van der Waals surface area contributed by atoms with E-state index < -0.39 is 0 Å². The van der Waals surface area contributed by atoms with Gasteiger partial charge >= 0.3 is 0 Å². The molecular formula is C25H15ClO. The van der Waals surface area contributed by atoms with Gasteiger partial charge in [-0.05, 0) is 38.4 Å². The van der Waals surface area contributed by atoms with Gasteiger partial charge in [0.25, 0.3) is 0 Å². The second-order valence-electron chi connectivity index (χ2n) is 6.66. The highest BCUT2D eigenvalue weighted by molar-refractivity contribution is 6.38. The maximum Gasteiger partial charge on any atom is 0.195 e. The van der Waals surface area contributed by atoms with Crippen molar-refractivity contribution >= 4 is 49.7 Å². The third-order valence-corrected chi connectivity index (χ3v) is 5.45. The molecule has 0 aromatic heterocycles. The highest BCUT2D eigenvalue weighted by atomic mass is 35.5. The molecule has 0 saturated carbocycles. The summed E-state index contributed by atoms with van der Waals surface area (Å²) in [6, 6.07) is 29.9. The molecule has 0 spiro atoms. The number of hydrogen-bond donors (Lipinski definition) is 0. The molecule has 0 aliphatic rings. The zero-order chi connectivity index (χ0) is 18.4. The predicted octanol–water partition coefficient (Wildman–Crippen LogP) is 7.03. The lowest BCUT2D eigenvalue weighted by Crippen LogP contribution is -2.03. The molecule has 0 fully saturated rings. The van der Waals surface area contributed by atoms with Crippen molar-refractivity contribution < 1.29 is 4.79 Å². The lowest BCUT2D eigenvalue weighted by atomic mass is 9.92. The molecule has 5 aromatic rings. The number of halogens is 1. The summed E-state index contributed by atoms with van der Waals surface area (Å²) in [7, 11) is 0. The number of benzene rings is 5. The van der Waals surface area contributed by atoms with Crippen LogP contribution in [-0.2, 0) is 0 Å². The normalized spacial score (nSPS) is 11.3. The molecular weight excluding hydrogens is 352 g/mol. The summed E-state index contributed by atoms with van der Waals surface area (Å²) < 4.78 is 0. The quantitative estimate of drug-likeness (QED) is 0.242. The smallest absolute Gasteiger partial charge is 0.195 e. The fraction of sp³-hybridized carbons (Fsp3) is 0. The first-order valence-corrected chi connectivity index (χ1v) is 9.24. The topological polar surface area (TPSA) is 17.1 Å². The van der Waals surface area contributed by atoms with E-state index in [0.29, 0.717) is 16.1 Å². The Labute approximate surface area is 161 Å². The fourth-order valence-corrected chi connectivity index (χ4v) is 4.09. The second-order valence-corrected chi connectivity index (χ2v) is 7.07. The van der Waals surface area contributed by atoms with Gasteiger partial charge in [-0.15, -0.1) is 0 Å². The summed E-state index contributed by atoms with van der Waals surface area (Å²) >= 11 is 6.47. The first-order valence-electron chi connectivity index (χ1n) is 8.86. The molecule has 0 aliphatic heterocycles. The maximum absolute atomic E-state index is 13.1. The predicted molar refractivity (Wildman–Crippen MR) is 114 cm³/mol. The van der Waals surface area contributed by atoms with Crippen LogP contribution in [0.4, 0.5) is 0 Å². The molecule has 128 valence electrons. The Kier molecular flexibility index (Phi) is 3.70. The molecule has 0 N–H and O–H groups in total. The van der Waals surface area contributed by atoms with Crippen LogP contribution in [0, 0.1) is 0 Å². The average Bonchev–Trinajstić information content (AvgIpc) is 2.73. The van der Waals surface area contributed by atoms with E-state index in [9.17, 15) is 4.79 Å². The summed E-state index contributed by atoms with van der Waals surface area (Å²) in [5, 5.41) is 7.14. The van der Waals surface area contributed by atoms with Gasteiger partial charge in [0.05, 0.1) is 5.02 Å². The molecule has 0 heterocycles. The fourth-order valence-electron chi connectivity index (χ4n) is 3.84. The molecule has 0 bridgehead atoms. The Hall–Kier alpha value is -3.16. The number of ketones is 1. The molecule has 0 unspecified atom stereocenters. The van der Waals surface area contributed by atoms with Crippen molar-refractivity contribution in [3.05, 3.63) is 107 Å². The number of fused-ring (bicyclic) bond motifs is 5. The van der Waals surface area contributed by atoms with Gasteiger partial charge in [-0.25, -0.2) is 0 Å². The van der Waals surface area contributed by atoms with Gasteiger partial charge in [-0.3, -0.25) is 4.79 Å². The maximum atomic E-state index is 13.1. The van der Waals surface area contributed by atoms with Crippen molar-refractivity contribution in [2.24, 2.45) is 0 Å². The molecule has 0 radical (unpaired) electrons. The van der Waals surface area contributed by atoms with Crippen LogP contribution in [0.2, 0.25) is 5.02 Å². The van der Waals surface area contributed by atoms with Crippen molar-refractivity contribution in [1.82, 2.24) is 0 Å². The third-order valence-electron chi connectivity index (χ3n) is 5.14. The minimum absolute atomic E-state index is 0.0497. The Morgan fingerprint density at radius 1 is 0.556 bits per heavy atom. The zero-order valence-electron chi connectivity index (χ0n) is 14.4. The molecule has 5 rings (SSSR count). The van der Waals surface area contributed by atoms with Crippen molar-refractivity contribution in [2.45, 2.75) is 0 Å². The first-order chi connectivity index (χ1) is 13.2. The molecule has 0 atom stereocenters. The highest BCUT2D eigenvalue weighted by Crippen LogP contribution is 2.35. The first kappa shape index (κ1) is 16.0. The summed E-state index contributed by atoms with van der Waals surface area (Å²) in [6.07, 6.45) is 0. The van der Waals surface area contributed by atoms with Gasteiger partial charge in [0.1, 0.15) is 0 Å². The van der Waals surface area contributed by atoms with Crippen molar-refractivity contribution in [1.29, 1.82) is 0 Å². The van der Waals surface area contributed by atoms with Crippen molar-refractivity contribution in [3.63, 3.8) is 0 Å². The number of hydrogen-bond acceptors (Lipinski definition) is 1. The van der Waals surface area contributed by atoms with Gasteiger partial charge in [0, 0.05) is 11.1 Å². The van der Waals surface area contributed by atoms with Crippen LogP contribution in [-0.4, -0.2) is 5.78 Å². The molecule has 0 saturated heterocycles. The van der Waals surface area contributed by atoms with E-state index in [1.54, 1.807) is 0 Å². The van der Waals surface area contributed by atoms with Crippen molar-refractivity contribution in [3.8, 4) is 0 Å². The Morgan fingerprint density at radius 3 is 2.00 bits per heavy atom. The lowest BCUT2D eigenvalue weighted by Gasteiger charge is -2.12. The van der Waals surface area contributed by atoms with E-state index in [1.165, 1.54) is 16.2 Å². The minimum atomic E-state index is -0.0497. The lowest BCUT2D eigenvalue weighted by molar-refractivity contribution is 0.104. The highest BCUT2D eigenvalue weighted by Gasteiger charge is 2.17. The van der Waals surface area contributed by atoms with Crippen LogP contribution < -0.4 is 0 Å². The van der Waals surface area contributed by atoms with E-state index in [4.69, 9.17) is 11.6 Å². The van der Waals surface area contributed by atoms with Gasteiger partial charge in [0.15, 0.2) is 5.78 Å². The number of carbonyl (C=O) groups excluding carboxylic acids is 1. The van der Waals surface area contributed by atoms with E-state index >= 15 is 0 Å². The largest absolute Gasteiger partial charge is 0.289 e. The van der Waals surface area contributed by atoms with Gasteiger partial charge in [-0.2, -0.15) is 0 Å². The van der Waals surface area contributed by atoms with Crippen LogP contribution in [0.15, 0.2) is 91.0 Å². The van der Waals surface area contributed by atoms with Crippen molar-refractivity contribution in [2.75, 3.05) is 0 Å². The van der Waals surface area contributed by atoms with Gasteiger partial charge < -0.3 is 0 Å². The number of rotatable bonds is 2. The van der Waals surface area contributed by atoms with E-state index in [1.807, 2.05) is 54.6 Å². The summed E-state index contributed by atoms with van der Waals surface area (Å²) in [6.45, 7) is 0.